The maximum absolute atomic E-state index is 5.98. The summed E-state index contributed by atoms with van der Waals surface area (Å²) >= 11 is 0. The van der Waals surface area contributed by atoms with Crippen molar-refractivity contribution in [1.29, 1.82) is 0 Å². The van der Waals surface area contributed by atoms with E-state index in [1.807, 2.05) is 30.3 Å². The third kappa shape index (κ3) is 7.08. The van der Waals surface area contributed by atoms with Gasteiger partial charge in [0.15, 0.2) is 23.0 Å². The molecule has 3 rings (SSSR count). The number of methoxy groups -OCH3 is 3. The van der Waals surface area contributed by atoms with Crippen molar-refractivity contribution >= 4 is 12.4 Å². The highest BCUT2D eigenvalue weighted by atomic mass is 35.5. The number of nitrogens with one attached hydrogen (secondary N) is 1. The monoisotopic (exact) mass is 457 g/mol. The zero-order valence-corrected chi connectivity index (χ0v) is 20.0. The lowest BCUT2D eigenvalue weighted by Crippen LogP contribution is -2.16. The van der Waals surface area contributed by atoms with Crippen LogP contribution in [0, 0.1) is 6.92 Å². The van der Waals surface area contributed by atoms with Gasteiger partial charge in [0.2, 0.25) is 0 Å². The maximum atomic E-state index is 5.98. The van der Waals surface area contributed by atoms with Gasteiger partial charge >= 0.3 is 0 Å². The molecule has 1 N–H and O–H groups in total. The number of aryl methyl sites for hydroxylation is 1. The summed E-state index contributed by atoms with van der Waals surface area (Å²) in [5.41, 5.74) is 4.71. The van der Waals surface area contributed by atoms with Crippen molar-refractivity contribution < 1.29 is 18.9 Å². The molecule has 0 bridgehead atoms. The number of benzene rings is 3. The summed E-state index contributed by atoms with van der Waals surface area (Å²) in [6.07, 6.45) is 0.898. The molecular formula is C26H32ClNO4. The topological polar surface area (TPSA) is 49.0 Å². The Labute approximate surface area is 197 Å². The van der Waals surface area contributed by atoms with E-state index in [0.29, 0.717) is 6.61 Å². The molecule has 3 aromatic rings. The SMILES string of the molecule is COc1ccc(CCNCc2ccc(OCc3cccc(C)c3)c(OC)c2)cc1OC.Cl. The standard InChI is InChI=1S/C26H31NO4.ClH/c1-19-6-5-7-22(14-19)18-31-24-11-9-21(16-26(24)30-4)17-27-13-12-20-8-10-23(28-2)25(15-20)29-3;/h5-11,14-16,27H,12-13,17-18H2,1-4H3;1H. The molecule has 0 heterocycles. The highest BCUT2D eigenvalue weighted by Crippen LogP contribution is 2.29. The Bertz CT molecular complexity index is 993. The van der Waals surface area contributed by atoms with Gasteiger partial charge in [0, 0.05) is 6.54 Å². The lowest BCUT2D eigenvalue weighted by molar-refractivity contribution is 0.284. The van der Waals surface area contributed by atoms with E-state index in [1.165, 1.54) is 11.1 Å². The molecule has 0 amide bonds. The average molecular weight is 458 g/mol. The van der Waals surface area contributed by atoms with E-state index in [1.54, 1.807) is 21.3 Å². The Hall–Kier alpha value is -2.89. The summed E-state index contributed by atoms with van der Waals surface area (Å²) in [7, 11) is 4.97. The number of hydrogen-bond donors (Lipinski definition) is 1. The van der Waals surface area contributed by atoms with Gasteiger partial charge < -0.3 is 24.3 Å². The zero-order chi connectivity index (χ0) is 22.1. The molecule has 0 unspecified atom stereocenters. The van der Waals surface area contributed by atoms with Crippen LogP contribution >= 0.6 is 12.4 Å². The van der Waals surface area contributed by atoms with E-state index in [0.717, 1.165) is 53.6 Å². The molecule has 0 radical (unpaired) electrons. The van der Waals surface area contributed by atoms with Gasteiger partial charge in [-0.25, -0.2) is 0 Å². The van der Waals surface area contributed by atoms with Crippen LogP contribution < -0.4 is 24.3 Å². The van der Waals surface area contributed by atoms with E-state index < -0.39 is 0 Å². The van der Waals surface area contributed by atoms with Crippen LogP contribution in [0.1, 0.15) is 22.3 Å². The predicted molar refractivity (Wildman–Crippen MR) is 131 cm³/mol. The first-order chi connectivity index (χ1) is 15.1. The zero-order valence-electron chi connectivity index (χ0n) is 19.1. The van der Waals surface area contributed by atoms with Crippen LogP contribution in [0.25, 0.3) is 0 Å². The first kappa shape index (κ1) is 25.4. The Morgan fingerprint density at radius 2 is 1.34 bits per heavy atom. The fourth-order valence-corrected chi connectivity index (χ4v) is 3.41. The van der Waals surface area contributed by atoms with Gasteiger partial charge in [0.1, 0.15) is 6.61 Å². The van der Waals surface area contributed by atoms with E-state index in [4.69, 9.17) is 18.9 Å². The number of hydrogen-bond acceptors (Lipinski definition) is 5. The van der Waals surface area contributed by atoms with Crippen molar-refractivity contribution in [2.75, 3.05) is 27.9 Å². The van der Waals surface area contributed by atoms with Gasteiger partial charge in [-0.05, 0) is 60.8 Å². The lowest BCUT2D eigenvalue weighted by Gasteiger charge is -2.13. The summed E-state index contributed by atoms with van der Waals surface area (Å²) in [6.45, 7) is 4.20. The van der Waals surface area contributed by atoms with Gasteiger partial charge in [-0.2, -0.15) is 0 Å². The fourth-order valence-electron chi connectivity index (χ4n) is 3.41. The summed E-state index contributed by atoms with van der Waals surface area (Å²) < 4.78 is 22.2. The maximum Gasteiger partial charge on any atom is 0.161 e. The molecule has 0 fully saturated rings. The van der Waals surface area contributed by atoms with Crippen LogP contribution in [0.15, 0.2) is 60.7 Å². The molecule has 0 aliphatic heterocycles. The van der Waals surface area contributed by atoms with Crippen molar-refractivity contribution in [3.8, 4) is 23.0 Å². The Morgan fingerprint density at radius 3 is 2.06 bits per heavy atom. The highest BCUT2D eigenvalue weighted by Gasteiger charge is 2.07. The molecule has 0 aliphatic rings. The molecule has 5 nitrogen and oxygen atoms in total. The Kier molecular flexibility index (Phi) is 10.2. The minimum absolute atomic E-state index is 0. The number of halogens is 1. The van der Waals surface area contributed by atoms with Crippen LogP contribution in [0.5, 0.6) is 23.0 Å². The molecule has 32 heavy (non-hydrogen) atoms. The molecule has 0 aliphatic carbocycles. The third-order valence-electron chi connectivity index (χ3n) is 5.07. The van der Waals surface area contributed by atoms with Crippen molar-refractivity contribution in [3.05, 3.63) is 82.9 Å². The number of rotatable bonds is 11. The molecule has 0 saturated carbocycles. The fraction of sp³-hybridized carbons (Fsp3) is 0.308. The van der Waals surface area contributed by atoms with Crippen molar-refractivity contribution in [3.63, 3.8) is 0 Å². The molecular weight excluding hydrogens is 426 g/mol. The average Bonchev–Trinajstić information content (AvgIpc) is 2.80. The van der Waals surface area contributed by atoms with Gasteiger partial charge in [0.05, 0.1) is 21.3 Å². The highest BCUT2D eigenvalue weighted by molar-refractivity contribution is 5.85. The molecule has 6 heteroatoms. The lowest BCUT2D eigenvalue weighted by atomic mass is 10.1. The molecule has 0 aromatic heterocycles. The van der Waals surface area contributed by atoms with E-state index in [9.17, 15) is 0 Å². The predicted octanol–water partition coefficient (Wildman–Crippen LogP) is 5.35. The first-order valence-corrected chi connectivity index (χ1v) is 10.4. The quantitative estimate of drug-likeness (QED) is 0.393. The second kappa shape index (κ2) is 12.8. The minimum Gasteiger partial charge on any atom is -0.493 e. The normalized spacial score (nSPS) is 10.2. The van der Waals surface area contributed by atoms with Gasteiger partial charge in [-0.3, -0.25) is 0 Å². The van der Waals surface area contributed by atoms with Crippen LogP contribution in [0.2, 0.25) is 0 Å². The molecule has 3 aromatic carbocycles. The van der Waals surface area contributed by atoms with Crippen LogP contribution in [0.3, 0.4) is 0 Å². The number of ether oxygens (including phenoxy) is 4. The van der Waals surface area contributed by atoms with Crippen LogP contribution in [-0.4, -0.2) is 27.9 Å². The van der Waals surface area contributed by atoms with Gasteiger partial charge in [0.25, 0.3) is 0 Å². The summed E-state index contributed by atoms with van der Waals surface area (Å²) in [6, 6.07) is 20.4. The van der Waals surface area contributed by atoms with Crippen molar-refractivity contribution in [1.82, 2.24) is 5.32 Å². The van der Waals surface area contributed by atoms with Crippen molar-refractivity contribution in [2.24, 2.45) is 0 Å². The third-order valence-corrected chi connectivity index (χ3v) is 5.07. The second-order valence-corrected chi connectivity index (χ2v) is 7.38. The molecule has 0 spiro atoms. The van der Waals surface area contributed by atoms with Crippen molar-refractivity contribution in [2.45, 2.75) is 26.5 Å². The summed E-state index contributed by atoms with van der Waals surface area (Å²) in [5.74, 6) is 2.99. The minimum atomic E-state index is 0. The second-order valence-electron chi connectivity index (χ2n) is 7.38. The van der Waals surface area contributed by atoms with E-state index in [2.05, 4.69) is 42.6 Å². The van der Waals surface area contributed by atoms with Gasteiger partial charge in [-0.15, -0.1) is 12.4 Å². The molecule has 0 saturated heterocycles. The van der Waals surface area contributed by atoms with Crippen LogP contribution in [0.4, 0.5) is 0 Å². The summed E-state index contributed by atoms with van der Waals surface area (Å²) in [5, 5.41) is 3.48. The van der Waals surface area contributed by atoms with Crippen LogP contribution in [-0.2, 0) is 19.6 Å². The smallest absolute Gasteiger partial charge is 0.161 e. The van der Waals surface area contributed by atoms with Gasteiger partial charge in [-0.1, -0.05) is 42.0 Å². The Morgan fingerprint density at radius 1 is 0.688 bits per heavy atom. The molecule has 172 valence electrons. The molecule has 0 atom stereocenters. The summed E-state index contributed by atoms with van der Waals surface area (Å²) in [4.78, 5) is 0. The van der Waals surface area contributed by atoms with E-state index >= 15 is 0 Å². The van der Waals surface area contributed by atoms with E-state index in [-0.39, 0.29) is 12.4 Å². The largest absolute Gasteiger partial charge is 0.493 e. The first-order valence-electron chi connectivity index (χ1n) is 10.4. The Balaban J connectivity index is 0.00000363.